The molecule has 0 atom stereocenters. The third-order valence-corrected chi connectivity index (χ3v) is 7.98. The summed E-state index contributed by atoms with van der Waals surface area (Å²) in [6, 6.07) is 17.2. The van der Waals surface area contributed by atoms with Crippen LogP contribution < -0.4 is 46.6 Å². The van der Waals surface area contributed by atoms with Gasteiger partial charge in [0.15, 0.2) is 0 Å². The molecule has 0 saturated heterocycles. The van der Waals surface area contributed by atoms with E-state index < -0.39 is 0 Å². The highest BCUT2D eigenvalue weighted by atomic mass is 16.5. The van der Waals surface area contributed by atoms with Crippen molar-refractivity contribution in [1.82, 2.24) is 30.0 Å². The lowest BCUT2D eigenvalue weighted by Gasteiger charge is -2.12. The maximum atomic E-state index is 6.12. The lowest BCUT2D eigenvalue weighted by molar-refractivity contribution is 0.295. The van der Waals surface area contributed by atoms with Crippen LogP contribution in [0.3, 0.4) is 0 Å². The SMILES string of the molecule is CCCCOc1cc(OCCCN)cc(-n2cc(-c3cc(OCCCN)cc(-c4cn(-c5cc(OCCCN)cc(OCCCN)c5)nn4)c3)nn2)c1. The van der Waals surface area contributed by atoms with Crippen molar-refractivity contribution in [3.63, 3.8) is 0 Å². The number of hydrogen-bond acceptors (Lipinski definition) is 13. The number of ether oxygens (including phenoxy) is 5. The molecule has 15 heteroatoms. The molecule has 3 aromatic carbocycles. The highest BCUT2D eigenvalue weighted by Gasteiger charge is 2.15. The summed E-state index contributed by atoms with van der Waals surface area (Å²) in [5, 5.41) is 18.0. The van der Waals surface area contributed by atoms with Gasteiger partial charge in [-0.2, -0.15) is 0 Å². The molecule has 0 spiro atoms. The number of benzene rings is 3. The summed E-state index contributed by atoms with van der Waals surface area (Å²) in [5.74, 6) is 3.29. The van der Waals surface area contributed by atoms with Crippen LogP contribution in [0.15, 0.2) is 67.0 Å². The highest BCUT2D eigenvalue weighted by Crippen LogP contribution is 2.32. The summed E-state index contributed by atoms with van der Waals surface area (Å²) < 4.78 is 33.4. The zero-order chi connectivity index (χ0) is 37.3. The van der Waals surface area contributed by atoms with Gasteiger partial charge in [-0.25, -0.2) is 9.36 Å². The fourth-order valence-electron chi connectivity index (χ4n) is 5.16. The van der Waals surface area contributed by atoms with Crippen molar-refractivity contribution in [1.29, 1.82) is 0 Å². The van der Waals surface area contributed by atoms with E-state index in [1.807, 2.05) is 67.0 Å². The van der Waals surface area contributed by atoms with E-state index in [4.69, 9.17) is 46.6 Å². The Balaban J connectivity index is 1.46. The first-order chi connectivity index (χ1) is 26.0. The Bertz CT molecular complexity index is 1670. The van der Waals surface area contributed by atoms with Crippen molar-refractivity contribution in [2.75, 3.05) is 59.2 Å². The Kier molecular flexibility index (Phi) is 15.2. The average molecular weight is 729 g/mol. The van der Waals surface area contributed by atoms with Crippen molar-refractivity contribution in [2.45, 2.75) is 45.4 Å². The van der Waals surface area contributed by atoms with Crippen molar-refractivity contribution in [3.8, 4) is 62.6 Å². The fraction of sp³-hybridized carbons (Fsp3) is 0.421. The van der Waals surface area contributed by atoms with Crippen LogP contribution in [0.5, 0.6) is 28.7 Å². The van der Waals surface area contributed by atoms with Crippen molar-refractivity contribution in [2.24, 2.45) is 22.9 Å². The summed E-state index contributed by atoms with van der Waals surface area (Å²) in [5.41, 5.74) is 27.1. The van der Waals surface area contributed by atoms with E-state index in [9.17, 15) is 0 Å². The normalized spacial score (nSPS) is 11.1. The minimum absolute atomic E-state index is 0.459. The largest absolute Gasteiger partial charge is 0.494 e. The molecule has 0 unspecified atom stereocenters. The molecule has 0 bridgehead atoms. The van der Waals surface area contributed by atoms with Gasteiger partial charge >= 0.3 is 0 Å². The summed E-state index contributed by atoms with van der Waals surface area (Å²) in [6.45, 7) is 6.78. The number of aromatic nitrogens is 6. The molecule has 0 aliphatic rings. The molecule has 2 heterocycles. The number of nitrogens with zero attached hydrogens (tertiary/aromatic N) is 6. The zero-order valence-electron chi connectivity index (χ0n) is 30.5. The van der Waals surface area contributed by atoms with Crippen LogP contribution in [0.2, 0.25) is 0 Å². The van der Waals surface area contributed by atoms with Crippen molar-refractivity contribution >= 4 is 0 Å². The van der Waals surface area contributed by atoms with Gasteiger partial charge in [-0.05, 0) is 76.5 Å². The van der Waals surface area contributed by atoms with E-state index in [1.54, 1.807) is 9.36 Å². The molecule has 0 aliphatic carbocycles. The molecule has 0 saturated carbocycles. The van der Waals surface area contributed by atoms with Crippen molar-refractivity contribution in [3.05, 3.63) is 67.0 Å². The second-order valence-electron chi connectivity index (χ2n) is 12.3. The molecular formula is C38H52N10O5. The van der Waals surface area contributed by atoms with Gasteiger partial charge in [-0.15, -0.1) is 10.2 Å². The number of unbranched alkanes of at least 4 members (excludes halogenated alkanes) is 1. The quantitative estimate of drug-likeness (QED) is 0.0655. The van der Waals surface area contributed by atoms with Crippen LogP contribution in [0.4, 0.5) is 0 Å². The van der Waals surface area contributed by atoms with Crippen LogP contribution >= 0.6 is 0 Å². The molecule has 8 N–H and O–H groups in total. The lowest BCUT2D eigenvalue weighted by Crippen LogP contribution is -2.08. The van der Waals surface area contributed by atoms with Gasteiger partial charge in [0, 0.05) is 47.5 Å². The predicted molar refractivity (Wildman–Crippen MR) is 204 cm³/mol. The van der Waals surface area contributed by atoms with Gasteiger partial charge in [-0.1, -0.05) is 23.8 Å². The first-order valence-electron chi connectivity index (χ1n) is 18.3. The summed E-state index contributed by atoms with van der Waals surface area (Å²) >= 11 is 0. The van der Waals surface area contributed by atoms with Gasteiger partial charge in [0.25, 0.3) is 0 Å². The molecule has 5 aromatic rings. The number of nitrogens with two attached hydrogens (primary N) is 4. The minimum atomic E-state index is 0.459. The minimum Gasteiger partial charge on any atom is -0.494 e. The van der Waals surface area contributed by atoms with Gasteiger partial charge < -0.3 is 46.6 Å². The smallest absolute Gasteiger partial charge is 0.125 e. The summed E-state index contributed by atoms with van der Waals surface area (Å²) in [6.07, 6.45) is 8.58. The third-order valence-electron chi connectivity index (χ3n) is 7.98. The molecule has 0 fully saturated rings. The van der Waals surface area contributed by atoms with E-state index in [-0.39, 0.29) is 0 Å². The highest BCUT2D eigenvalue weighted by molar-refractivity contribution is 5.71. The molecule has 5 rings (SSSR count). The summed E-state index contributed by atoms with van der Waals surface area (Å²) in [4.78, 5) is 0. The lowest BCUT2D eigenvalue weighted by atomic mass is 10.1. The van der Waals surface area contributed by atoms with Crippen LogP contribution in [0.25, 0.3) is 33.9 Å². The van der Waals surface area contributed by atoms with E-state index in [2.05, 4.69) is 27.5 Å². The second-order valence-corrected chi connectivity index (χ2v) is 12.3. The topological polar surface area (TPSA) is 212 Å². The Morgan fingerprint density at radius 3 is 1.13 bits per heavy atom. The van der Waals surface area contributed by atoms with Crippen LogP contribution in [-0.2, 0) is 0 Å². The number of hydrogen-bond donors (Lipinski definition) is 4. The molecule has 0 amide bonds. The molecule has 53 heavy (non-hydrogen) atoms. The maximum absolute atomic E-state index is 6.12. The van der Waals surface area contributed by atoms with Crippen LogP contribution in [-0.4, -0.2) is 89.2 Å². The number of rotatable bonds is 24. The van der Waals surface area contributed by atoms with E-state index >= 15 is 0 Å². The van der Waals surface area contributed by atoms with E-state index in [1.165, 1.54) is 0 Å². The van der Waals surface area contributed by atoms with Gasteiger partial charge in [-0.3, -0.25) is 0 Å². The maximum Gasteiger partial charge on any atom is 0.125 e. The van der Waals surface area contributed by atoms with Gasteiger partial charge in [0.1, 0.15) is 40.1 Å². The van der Waals surface area contributed by atoms with Crippen molar-refractivity contribution < 1.29 is 23.7 Å². The van der Waals surface area contributed by atoms with Gasteiger partial charge in [0.2, 0.25) is 0 Å². The standard InChI is InChI=1S/C38H52N10O5/c1-2-3-12-49-33-20-30(21-34(24-33)51-14-5-9-40)47-26-37(43-45-47)28-17-29(19-32(18-28)50-13-4-8-39)38-27-48(46-44-38)31-22-35(52-15-6-10-41)25-36(23-31)53-16-7-11-42/h17-27H,2-16,39-42H2,1H3. The van der Waals surface area contributed by atoms with Crippen LogP contribution in [0.1, 0.15) is 45.4 Å². The molecule has 15 nitrogen and oxygen atoms in total. The Morgan fingerprint density at radius 1 is 0.453 bits per heavy atom. The third kappa shape index (κ3) is 11.6. The monoisotopic (exact) mass is 728 g/mol. The first-order valence-corrected chi connectivity index (χ1v) is 18.3. The Hall–Kier alpha value is -5.22. The summed E-state index contributed by atoms with van der Waals surface area (Å²) in [7, 11) is 0. The second kappa shape index (κ2) is 20.7. The van der Waals surface area contributed by atoms with E-state index in [0.717, 1.165) is 54.6 Å². The molecule has 284 valence electrons. The predicted octanol–water partition coefficient (Wildman–Crippen LogP) is 4.27. The molecule has 0 aliphatic heterocycles. The Morgan fingerprint density at radius 2 is 0.792 bits per heavy atom. The molecule has 0 radical (unpaired) electrons. The van der Waals surface area contributed by atoms with Crippen LogP contribution in [0, 0.1) is 0 Å². The molecule has 2 aromatic heterocycles. The Labute approximate surface area is 310 Å². The fourth-order valence-corrected chi connectivity index (χ4v) is 5.16. The first kappa shape index (κ1) is 39.0. The van der Waals surface area contributed by atoms with E-state index in [0.29, 0.717) is 106 Å². The van der Waals surface area contributed by atoms with Gasteiger partial charge in [0.05, 0.1) is 56.8 Å². The average Bonchev–Trinajstić information content (AvgIpc) is 3.87. The zero-order valence-corrected chi connectivity index (χ0v) is 30.5. The molecular weight excluding hydrogens is 676 g/mol.